The number of ether oxygens (including phenoxy) is 1. The molecule has 1 aliphatic heterocycles. The molecule has 1 fully saturated rings. The summed E-state index contributed by atoms with van der Waals surface area (Å²) in [7, 11) is 0. The Morgan fingerprint density at radius 1 is 1.60 bits per heavy atom. The summed E-state index contributed by atoms with van der Waals surface area (Å²) in [4.78, 5) is 7.65. The molecular formula is C11H16N2OS. The Morgan fingerprint density at radius 2 is 2.47 bits per heavy atom. The van der Waals surface area contributed by atoms with E-state index in [1.54, 1.807) is 6.20 Å². The van der Waals surface area contributed by atoms with Gasteiger partial charge in [0, 0.05) is 30.2 Å². The third-order valence-electron chi connectivity index (χ3n) is 2.68. The zero-order chi connectivity index (χ0) is 10.7. The van der Waals surface area contributed by atoms with Crippen molar-refractivity contribution in [2.45, 2.75) is 24.4 Å². The number of aromatic nitrogens is 1. The molecule has 15 heavy (non-hydrogen) atoms. The van der Waals surface area contributed by atoms with Crippen LogP contribution in [0.3, 0.4) is 0 Å². The second-order valence-corrected chi connectivity index (χ2v) is 4.42. The van der Waals surface area contributed by atoms with Crippen molar-refractivity contribution in [3.05, 3.63) is 24.0 Å². The Morgan fingerprint density at radius 3 is 3.13 bits per heavy atom. The van der Waals surface area contributed by atoms with Gasteiger partial charge in [0.25, 0.3) is 0 Å². The standard InChI is InChI=1S/C11H16N2OS/c1-9-8-14-5-4-13(9)7-10-2-3-11(15)6-12-10/h2-3,6,9,15H,4-5,7-8H2,1H3. The summed E-state index contributed by atoms with van der Waals surface area (Å²) >= 11 is 4.22. The Hall–Kier alpha value is -0.580. The number of hydrogen-bond donors (Lipinski definition) is 1. The van der Waals surface area contributed by atoms with E-state index < -0.39 is 0 Å². The molecule has 2 heterocycles. The van der Waals surface area contributed by atoms with Gasteiger partial charge >= 0.3 is 0 Å². The number of thiol groups is 1. The smallest absolute Gasteiger partial charge is 0.0619 e. The molecule has 0 radical (unpaired) electrons. The Labute approximate surface area is 95.9 Å². The summed E-state index contributed by atoms with van der Waals surface area (Å²) in [6.45, 7) is 5.73. The average Bonchev–Trinajstić information content (AvgIpc) is 2.25. The van der Waals surface area contributed by atoms with Gasteiger partial charge in [0.2, 0.25) is 0 Å². The molecule has 3 nitrogen and oxygen atoms in total. The lowest BCUT2D eigenvalue weighted by molar-refractivity contribution is -0.00491. The van der Waals surface area contributed by atoms with Crippen molar-refractivity contribution in [2.24, 2.45) is 0 Å². The minimum atomic E-state index is 0.483. The van der Waals surface area contributed by atoms with Crippen molar-refractivity contribution < 1.29 is 4.74 Å². The zero-order valence-electron chi connectivity index (χ0n) is 8.89. The van der Waals surface area contributed by atoms with Gasteiger partial charge in [0.05, 0.1) is 18.9 Å². The van der Waals surface area contributed by atoms with E-state index in [4.69, 9.17) is 4.74 Å². The van der Waals surface area contributed by atoms with Crippen LogP contribution >= 0.6 is 12.6 Å². The summed E-state index contributed by atoms with van der Waals surface area (Å²) in [5.74, 6) is 0. The molecule has 1 atom stereocenters. The molecule has 1 aromatic heterocycles. The lowest BCUT2D eigenvalue weighted by atomic mass is 10.2. The van der Waals surface area contributed by atoms with E-state index >= 15 is 0 Å². The highest BCUT2D eigenvalue weighted by Crippen LogP contribution is 2.11. The number of morpholine rings is 1. The van der Waals surface area contributed by atoms with Crippen LogP contribution in [0.5, 0.6) is 0 Å². The normalized spacial score (nSPS) is 22.9. The molecule has 0 aromatic carbocycles. The number of nitrogens with zero attached hydrogens (tertiary/aromatic N) is 2. The van der Waals surface area contributed by atoms with Gasteiger partial charge < -0.3 is 4.74 Å². The summed E-state index contributed by atoms with van der Waals surface area (Å²) < 4.78 is 5.39. The third kappa shape index (κ3) is 2.93. The molecular weight excluding hydrogens is 208 g/mol. The molecule has 0 amide bonds. The highest BCUT2D eigenvalue weighted by molar-refractivity contribution is 7.80. The van der Waals surface area contributed by atoms with Gasteiger partial charge in [-0.2, -0.15) is 0 Å². The molecule has 0 aliphatic carbocycles. The van der Waals surface area contributed by atoms with E-state index in [1.165, 1.54) is 0 Å². The van der Waals surface area contributed by atoms with Gasteiger partial charge in [-0.3, -0.25) is 9.88 Å². The van der Waals surface area contributed by atoms with Gasteiger partial charge in [-0.05, 0) is 19.1 Å². The highest BCUT2D eigenvalue weighted by Gasteiger charge is 2.18. The van der Waals surface area contributed by atoms with E-state index in [-0.39, 0.29) is 0 Å². The van der Waals surface area contributed by atoms with Crippen LogP contribution in [0.25, 0.3) is 0 Å². The third-order valence-corrected chi connectivity index (χ3v) is 2.94. The van der Waals surface area contributed by atoms with E-state index in [2.05, 4.69) is 29.4 Å². The van der Waals surface area contributed by atoms with E-state index in [0.29, 0.717) is 6.04 Å². The summed E-state index contributed by atoms with van der Waals surface area (Å²) in [6.07, 6.45) is 1.80. The molecule has 0 bridgehead atoms. The Bertz CT molecular complexity index is 315. The quantitative estimate of drug-likeness (QED) is 0.772. The lowest BCUT2D eigenvalue weighted by Gasteiger charge is -2.32. The average molecular weight is 224 g/mol. The van der Waals surface area contributed by atoms with Crippen LogP contribution in [0.1, 0.15) is 12.6 Å². The van der Waals surface area contributed by atoms with Crippen LogP contribution in [0, 0.1) is 0 Å². The topological polar surface area (TPSA) is 25.4 Å². The van der Waals surface area contributed by atoms with Crippen molar-refractivity contribution in [1.82, 2.24) is 9.88 Å². The van der Waals surface area contributed by atoms with Gasteiger partial charge in [0.15, 0.2) is 0 Å². The molecule has 0 spiro atoms. The molecule has 0 saturated carbocycles. The molecule has 0 N–H and O–H groups in total. The van der Waals surface area contributed by atoms with E-state index in [9.17, 15) is 0 Å². The summed E-state index contributed by atoms with van der Waals surface area (Å²) in [5.41, 5.74) is 1.10. The van der Waals surface area contributed by atoms with E-state index in [0.717, 1.165) is 36.9 Å². The highest BCUT2D eigenvalue weighted by atomic mass is 32.1. The predicted molar refractivity (Wildman–Crippen MR) is 62.2 cm³/mol. The van der Waals surface area contributed by atoms with Crippen LogP contribution in [0.2, 0.25) is 0 Å². The molecule has 2 rings (SSSR count). The lowest BCUT2D eigenvalue weighted by Crippen LogP contribution is -2.43. The van der Waals surface area contributed by atoms with Crippen molar-refractivity contribution in [1.29, 1.82) is 0 Å². The molecule has 1 aliphatic rings. The monoisotopic (exact) mass is 224 g/mol. The van der Waals surface area contributed by atoms with Crippen molar-refractivity contribution in [3.8, 4) is 0 Å². The van der Waals surface area contributed by atoms with Gasteiger partial charge in [-0.1, -0.05) is 0 Å². The first-order chi connectivity index (χ1) is 7.25. The van der Waals surface area contributed by atoms with Crippen molar-refractivity contribution in [3.63, 3.8) is 0 Å². The van der Waals surface area contributed by atoms with Gasteiger partial charge in [-0.15, -0.1) is 12.6 Å². The van der Waals surface area contributed by atoms with Crippen LogP contribution in [0.15, 0.2) is 23.2 Å². The number of pyridine rings is 1. The zero-order valence-corrected chi connectivity index (χ0v) is 9.78. The van der Waals surface area contributed by atoms with Crippen LogP contribution in [-0.2, 0) is 11.3 Å². The first kappa shape index (κ1) is 10.9. The minimum Gasteiger partial charge on any atom is -0.379 e. The van der Waals surface area contributed by atoms with Gasteiger partial charge in [0.1, 0.15) is 0 Å². The largest absolute Gasteiger partial charge is 0.379 e. The molecule has 82 valence electrons. The summed E-state index contributed by atoms with van der Waals surface area (Å²) in [6, 6.07) is 4.50. The van der Waals surface area contributed by atoms with Crippen LogP contribution < -0.4 is 0 Å². The maximum Gasteiger partial charge on any atom is 0.0619 e. The molecule has 1 unspecified atom stereocenters. The van der Waals surface area contributed by atoms with E-state index in [1.807, 2.05) is 12.1 Å². The van der Waals surface area contributed by atoms with Crippen LogP contribution in [0.4, 0.5) is 0 Å². The fourth-order valence-electron chi connectivity index (χ4n) is 1.71. The first-order valence-electron chi connectivity index (χ1n) is 5.21. The van der Waals surface area contributed by atoms with Crippen molar-refractivity contribution >= 4 is 12.6 Å². The van der Waals surface area contributed by atoms with Crippen LogP contribution in [-0.4, -0.2) is 35.7 Å². The minimum absolute atomic E-state index is 0.483. The predicted octanol–water partition coefficient (Wildman–Crippen LogP) is 1.59. The van der Waals surface area contributed by atoms with Crippen molar-refractivity contribution in [2.75, 3.05) is 19.8 Å². The number of hydrogen-bond acceptors (Lipinski definition) is 4. The maximum atomic E-state index is 5.39. The fourth-order valence-corrected chi connectivity index (χ4v) is 1.85. The SMILES string of the molecule is CC1COCCN1Cc1ccc(S)cn1. The second-order valence-electron chi connectivity index (χ2n) is 3.90. The molecule has 1 aromatic rings. The summed E-state index contributed by atoms with van der Waals surface area (Å²) in [5, 5.41) is 0. The Balaban J connectivity index is 1.98. The second kappa shape index (κ2) is 4.96. The fraction of sp³-hybridized carbons (Fsp3) is 0.545. The molecule has 1 saturated heterocycles. The number of rotatable bonds is 2. The Kier molecular flexibility index (Phi) is 3.61. The van der Waals surface area contributed by atoms with Gasteiger partial charge in [-0.25, -0.2) is 0 Å². The maximum absolute atomic E-state index is 5.39. The molecule has 4 heteroatoms. The first-order valence-corrected chi connectivity index (χ1v) is 5.66.